The predicted molar refractivity (Wildman–Crippen MR) is 154 cm³/mol. The topological polar surface area (TPSA) is 93.5 Å². The van der Waals surface area contributed by atoms with Gasteiger partial charge in [-0.1, -0.05) is 55.5 Å². The highest BCUT2D eigenvalue weighted by Crippen LogP contribution is 2.57. The standard InChI is InChI=1S/C31H38N2O5S/c1-4-27-20-33(39(36,37)30-8-6-5-7-29(30)38-27)19-26-16-23(10-9-21(26)2)28(17-31(34)35)24-11-12-25-18-32(3)14-13-22(25)15-24/h5-12,15-16,27-28,36-37H,4,13-14,17-20H2,1-3H3,(H,34,35). The van der Waals surface area contributed by atoms with Gasteiger partial charge in [-0.05, 0) is 72.3 Å². The molecule has 0 radical (unpaired) electrons. The van der Waals surface area contributed by atoms with Crippen LogP contribution in [0.2, 0.25) is 0 Å². The van der Waals surface area contributed by atoms with Gasteiger partial charge in [0, 0.05) is 25.6 Å². The molecule has 0 amide bonds. The Morgan fingerprint density at radius 3 is 2.59 bits per heavy atom. The van der Waals surface area contributed by atoms with E-state index >= 15 is 0 Å². The number of fused-ring (bicyclic) bond motifs is 2. The number of para-hydroxylation sites is 1. The predicted octanol–water partition coefficient (Wildman–Crippen LogP) is 6.29. The third-order valence-electron chi connectivity index (χ3n) is 8.00. The van der Waals surface area contributed by atoms with Crippen LogP contribution < -0.4 is 4.74 Å². The molecular formula is C31H38N2O5S. The highest BCUT2D eigenvalue weighted by Gasteiger charge is 2.35. The molecule has 2 unspecified atom stereocenters. The normalized spacial score (nSPS) is 20.7. The fraction of sp³-hybridized carbons (Fsp3) is 0.387. The van der Waals surface area contributed by atoms with Crippen LogP contribution in [0.4, 0.5) is 0 Å². The molecule has 8 heteroatoms. The van der Waals surface area contributed by atoms with Crippen LogP contribution in [0.3, 0.4) is 0 Å². The smallest absolute Gasteiger partial charge is 0.304 e. The van der Waals surface area contributed by atoms with Crippen LogP contribution in [0, 0.1) is 6.92 Å². The van der Waals surface area contributed by atoms with Gasteiger partial charge < -0.3 is 14.7 Å². The van der Waals surface area contributed by atoms with Crippen LogP contribution >= 0.6 is 10.8 Å². The van der Waals surface area contributed by atoms with Crippen molar-refractivity contribution >= 4 is 16.7 Å². The molecule has 2 aliphatic rings. The van der Waals surface area contributed by atoms with Crippen molar-refractivity contribution < 1.29 is 23.7 Å². The number of aliphatic carboxylic acids is 1. The van der Waals surface area contributed by atoms with E-state index in [0.29, 0.717) is 23.7 Å². The molecule has 39 heavy (non-hydrogen) atoms. The molecular weight excluding hydrogens is 512 g/mol. The number of carboxylic acid groups (broad SMARTS) is 1. The number of ether oxygens (including phenoxy) is 1. The molecule has 0 saturated heterocycles. The summed E-state index contributed by atoms with van der Waals surface area (Å²) in [6.07, 6.45) is 1.48. The van der Waals surface area contributed by atoms with E-state index in [1.807, 2.05) is 38.1 Å². The number of carbonyl (C=O) groups is 1. The number of likely N-dealkylation sites (N-methyl/N-ethyl adjacent to an activating group) is 1. The Balaban J connectivity index is 1.49. The lowest BCUT2D eigenvalue weighted by Crippen LogP contribution is -2.34. The van der Waals surface area contributed by atoms with E-state index in [2.05, 4.69) is 30.1 Å². The maximum atomic E-state index is 12.0. The van der Waals surface area contributed by atoms with E-state index in [0.717, 1.165) is 48.2 Å². The van der Waals surface area contributed by atoms with Gasteiger partial charge in [-0.2, -0.15) is 4.31 Å². The molecule has 3 aromatic carbocycles. The zero-order chi connectivity index (χ0) is 27.7. The largest absolute Gasteiger partial charge is 0.487 e. The second-order valence-corrected chi connectivity index (χ2v) is 12.8. The Morgan fingerprint density at radius 2 is 1.82 bits per heavy atom. The lowest BCUT2D eigenvalue weighted by molar-refractivity contribution is -0.137. The molecule has 0 aromatic heterocycles. The van der Waals surface area contributed by atoms with Crippen LogP contribution in [0.5, 0.6) is 5.75 Å². The molecule has 7 nitrogen and oxygen atoms in total. The molecule has 2 heterocycles. The third-order valence-corrected chi connectivity index (χ3v) is 9.92. The monoisotopic (exact) mass is 550 g/mol. The Kier molecular flexibility index (Phi) is 8.03. The second-order valence-electron chi connectivity index (χ2n) is 10.8. The lowest BCUT2D eigenvalue weighted by Gasteiger charge is -2.42. The van der Waals surface area contributed by atoms with Gasteiger partial charge in [-0.15, -0.1) is 10.8 Å². The van der Waals surface area contributed by atoms with Gasteiger partial charge in [0.15, 0.2) is 0 Å². The summed E-state index contributed by atoms with van der Waals surface area (Å²) in [5.74, 6) is -0.637. The molecule has 2 aliphatic heterocycles. The van der Waals surface area contributed by atoms with Crippen molar-refractivity contribution in [2.75, 3.05) is 20.1 Å². The van der Waals surface area contributed by atoms with Gasteiger partial charge in [0.05, 0.1) is 13.0 Å². The fourth-order valence-corrected chi connectivity index (χ4v) is 7.25. The van der Waals surface area contributed by atoms with E-state index in [1.54, 1.807) is 22.5 Å². The van der Waals surface area contributed by atoms with E-state index < -0.39 is 16.7 Å². The highest BCUT2D eigenvalue weighted by atomic mass is 32.3. The summed E-state index contributed by atoms with van der Waals surface area (Å²) in [7, 11) is -1.17. The van der Waals surface area contributed by atoms with Gasteiger partial charge in [0.25, 0.3) is 0 Å². The van der Waals surface area contributed by atoms with Gasteiger partial charge in [-0.3, -0.25) is 13.9 Å². The van der Waals surface area contributed by atoms with Gasteiger partial charge in [0.2, 0.25) is 0 Å². The van der Waals surface area contributed by atoms with Crippen molar-refractivity contribution in [2.24, 2.45) is 0 Å². The number of hydrogen-bond acceptors (Lipinski definition) is 6. The summed E-state index contributed by atoms with van der Waals surface area (Å²) in [6.45, 7) is 6.61. The summed E-state index contributed by atoms with van der Waals surface area (Å²) in [5.41, 5.74) is 6.46. The van der Waals surface area contributed by atoms with Crippen molar-refractivity contribution in [3.8, 4) is 5.75 Å². The molecule has 0 bridgehead atoms. The van der Waals surface area contributed by atoms with Crippen LogP contribution in [0.15, 0.2) is 65.6 Å². The Hall–Kier alpha value is -2.88. The molecule has 0 fully saturated rings. The molecule has 0 spiro atoms. The molecule has 3 aromatic rings. The van der Waals surface area contributed by atoms with E-state index in [9.17, 15) is 19.0 Å². The van der Waals surface area contributed by atoms with E-state index in [1.165, 1.54) is 11.1 Å². The number of nitrogens with zero attached hydrogens (tertiary/aromatic N) is 2. The van der Waals surface area contributed by atoms with Crippen molar-refractivity contribution in [2.45, 2.75) is 63.1 Å². The second kappa shape index (κ2) is 11.3. The average molecular weight is 551 g/mol. The maximum absolute atomic E-state index is 12.0. The van der Waals surface area contributed by atoms with Crippen molar-refractivity contribution in [1.82, 2.24) is 9.21 Å². The first-order valence-electron chi connectivity index (χ1n) is 13.6. The first-order chi connectivity index (χ1) is 18.7. The Morgan fingerprint density at radius 1 is 1.08 bits per heavy atom. The Bertz CT molecular complexity index is 1360. The molecule has 5 rings (SSSR count). The highest BCUT2D eigenvalue weighted by molar-refractivity contribution is 8.22. The molecule has 0 saturated carbocycles. The maximum Gasteiger partial charge on any atom is 0.304 e. The number of aryl methyl sites for hydroxylation is 1. The lowest BCUT2D eigenvalue weighted by atomic mass is 9.84. The van der Waals surface area contributed by atoms with Crippen LogP contribution in [0.25, 0.3) is 0 Å². The minimum Gasteiger partial charge on any atom is -0.487 e. The minimum atomic E-state index is -3.29. The Labute approximate surface area is 232 Å². The average Bonchev–Trinajstić information content (AvgIpc) is 3.02. The number of rotatable bonds is 7. The SMILES string of the molecule is CCC1CN(Cc2cc(C(CC(=O)O)c3ccc4c(c3)CCN(C)C4)ccc2C)S(O)(O)c2ccccc2O1. The summed E-state index contributed by atoms with van der Waals surface area (Å²) in [6, 6.07) is 19.6. The molecule has 0 aliphatic carbocycles. The molecule has 3 N–H and O–H groups in total. The summed E-state index contributed by atoms with van der Waals surface area (Å²) < 4.78 is 30.8. The van der Waals surface area contributed by atoms with E-state index in [4.69, 9.17) is 4.74 Å². The quantitative estimate of drug-likeness (QED) is 0.318. The number of hydrogen-bond donors (Lipinski definition) is 3. The summed E-state index contributed by atoms with van der Waals surface area (Å²) in [5, 5.41) is 9.82. The van der Waals surface area contributed by atoms with Gasteiger partial charge >= 0.3 is 5.97 Å². The minimum absolute atomic E-state index is 0.0147. The summed E-state index contributed by atoms with van der Waals surface area (Å²) in [4.78, 5) is 14.7. The third kappa shape index (κ3) is 5.85. The van der Waals surface area contributed by atoms with Crippen LogP contribution in [-0.4, -0.2) is 55.6 Å². The van der Waals surface area contributed by atoms with Crippen LogP contribution in [0.1, 0.15) is 59.1 Å². The first-order valence-corrected chi connectivity index (χ1v) is 15.1. The zero-order valence-electron chi connectivity index (χ0n) is 22.8. The number of carboxylic acids is 1. The first kappa shape index (κ1) is 27.7. The zero-order valence-corrected chi connectivity index (χ0v) is 23.7. The number of benzene rings is 3. The van der Waals surface area contributed by atoms with Crippen LogP contribution in [-0.2, 0) is 24.3 Å². The van der Waals surface area contributed by atoms with Crippen molar-refractivity contribution in [3.63, 3.8) is 0 Å². The van der Waals surface area contributed by atoms with Crippen molar-refractivity contribution in [1.29, 1.82) is 0 Å². The van der Waals surface area contributed by atoms with E-state index in [-0.39, 0.29) is 18.4 Å². The fourth-order valence-electron chi connectivity index (χ4n) is 5.63. The molecule has 2 atom stereocenters. The summed E-state index contributed by atoms with van der Waals surface area (Å²) >= 11 is 0. The van der Waals surface area contributed by atoms with Gasteiger partial charge in [0.1, 0.15) is 16.7 Å². The molecule has 208 valence electrons. The van der Waals surface area contributed by atoms with Gasteiger partial charge in [-0.25, -0.2) is 0 Å². The van der Waals surface area contributed by atoms with Crippen molar-refractivity contribution in [3.05, 3.63) is 94.0 Å².